The van der Waals surface area contributed by atoms with Crippen molar-refractivity contribution in [3.8, 4) is 11.5 Å². The Morgan fingerprint density at radius 3 is 2.72 bits per heavy atom. The summed E-state index contributed by atoms with van der Waals surface area (Å²) >= 11 is 7.21. The molecule has 25 heavy (non-hydrogen) atoms. The SMILES string of the molecule is COc1ccc(OC)c(/C=C2/SC(=Nc3cccc(Cl)c3)NC2=O)c1. The Morgan fingerprint density at radius 2 is 2.00 bits per heavy atom. The van der Waals surface area contributed by atoms with Gasteiger partial charge in [0.05, 0.1) is 24.8 Å². The van der Waals surface area contributed by atoms with E-state index in [9.17, 15) is 4.79 Å². The van der Waals surface area contributed by atoms with Gasteiger partial charge in [0, 0.05) is 10.6 Å². The third-order valence-electron chi connectivity index (χ3n) is 3.41. The van der Waals surface area contributed by atoms with Crippen LogP contribution in [-0.4, -0.2) is 25.3 Å². The summed E-state index contributed by atoms with van der Waals surface area (Å²) in [6.07, 6.45) is 1.75. The highest BCUT2D eigenvalue weighted by molar-refractivity contribution is 8.18. The molecule has 0 aliphatic carbocycles. The van der Waals surface area contributed by atoms with Gasteiger partial charge in [-0.1, -0.05) is 17.7 Å². The normalized spacial score (nSPS) is 17.0. The van der Waals surface area contributed by atoms with Gasteiger partial charge in [0.2, 0.25) is 0 Å². The second kappa shape index (κ2) is 7.63. The Labute approximate surface area is 154 Å². The molecular weight excluding hydrogens is 360 g/mol. The number of carbonyl (C=O) groups excluding carboxylic acids is 1. The van der Waals surface area contributed by atoms with Gasteiger partial charge in [-0.3, -0.25) is 4.79 Å². The van der Waals surface area contributed by atoms with Crippen LogP contribution in [-0.2, 0) is 4.79 Å². The number of hydrogen-bond donors (Lipinski definition) is 1. The molecule has 0 unspecified atom stereocenters. The minimum Gasteiger partial charge on any atom is -0.497 e. The molecule has 0 aromatic heterocycles. The predicted octanol–water partition coefficient (Wildman–Crippen LogP) is 4.25. The number of ether oxygens (including phenoxy) is 2. The van der Waals surface area contributed by atoms with Crippen molar-refractivity contribution in [1.82, 2.24) is 5.32 Å². The molecule has 1 heterocycles. The molecule has 0 atom stereocenters. The lowest BCUT2D eigenvalue weighted by Gasteiger charge is -2.07. The van der Waals surface area contributed by atoms with Crippen LogP contribution in [0.3, 0.4) is 0 Å². The summed E-state index contributed by atoms with van der Waals surface area (Å²) in [5, 5.41) is 3.84. The van der Waals surface area contributed by atoms with E-state index in [2.05, 4.69) is 10.3 Å². The van der Waals surface area contributed by atoms with Crippen molar-refractivity contribution in [2.75, 3.05) is 14.2 Å². The van der Waals surface area contributed by atoms with Gasteiger partial charge in [0.25, 0.3) is 5.91 Å². The van der Waals surface area contributed by atoms with Gasteiger partial charge < -0.3 is 14.8 Å². The molecule has 1 aliphatic rings. The van der Waals surface area contributed by atoms with Crippen LogP contribution in [0.15, 0.2) is 52.4 Å². The van der Waals surface area contributed by atoms with Gasteiger partial charge in [0.1, 0.15) is 11.5 Å². The van der Waals surface area contributed by atoms with Gasteiger partial charge in [0.15, 0.2) is 5.17 Å². The van der Waals surface area contributed by atoms with Crippen molar-refractivity contribution in [2.24, 2.45) is 4.99 Å². The first kappa shape index (κ1) is 17.4. The van der Waals surface area contributed by atoms with E-state index in [0.717, 1.165) is 5.56 Å². The molecule has 1 saturated heterocycles. The van der Waals surface area contributed by atoms with E-state index in [1.54, 1.807) is 50.6 Å². The Morgan fingerprint density at radius 1 is 1.16 bits per heavy atom. The number of methoxy groups -OCH3 is 2. The summed E-state index contributed by atoms with van der Waals surface area (Å²) in [5.74, 6) is 1.13. The summed E-state index contributed by atoms with van der Waals surface area (Å²) in [5.41, 5.74) is 1.43. The van der Waals surface area contributed by atoms with Crippen LogP contribution in [0.2, 0.25) is 5.02 Å². The quantitative estimate of drug-likeness (QED) is 0.813. The molecule has 3 rings (SSSR count). The molecule has 2 aromatic rings. The van der Waals surface area contributed by atoms with Crippen LogP contribution in [0, 0.1) is 0 Å². The Bertz CT molecular complexity index is 880. The van der Waals surface area contributed by atoms with Gasteiger partial charge in [-0.25, -0.2) is 4.99 Å². The topological polar surface area (TPSA) is 59.9 Å². The summed E-state index contributed by atoms with van der Waals surface area (Å²) < 4.78 is 10.6. The lowest BCUT2D eigenvalue weighted by atomic mass is 10.1. The Hall–Kier alpha value is -2.44. The zero-order valence-corrected chi connectivity index (χ0v) is 15.1. The van der Waals surface area contributed by atoms with Crippen LogP contribution in [0.4, 0.5) is 5.69 Å². The smallest absolute Gasteiger partial charge is 0.264 e. The molecule has 0 spiro atoms. The van der Waals surface area contributed by atoms with Crippen LogP contribution in [0.1, 0.15) is 5.56 Å². The molecule has 1 fully saturated rings. The molecule has 1 N–H and O–H groups in total. The summed E-state index contributed by atoms with van der Waals surface area (Å²) in [7, 11) is 3.17. The van der Waals surface area contributed by atoms with Crippen LogP contribution < -0.4 is 14.8 Å². The number of nitrogens with one attached hydrogen (secondary N) is 1. The number of carbonyl (C=O) groups is 1. The molecule has 7 heteroatoms. The van der Waals surface area contributed by atoms with Crippen LogP contribution >= 0.6 is 23.4 Å². The van der Waals surface area contributed by atoms with Crippen molar-refractivity contribution >= 4 is 46.2 Å². The number of amidine groups is 1. The monoisotopic (exact) mass is 374 g/mol. The molecule has 0 bridgehead atoms. The molecule has 2 aromatic carbocycles. The minimum atomic E-state index is -0.212. The average Bonchev–Trinajstić information content (AvgIpc) is 2.94. The van der Waals surface area contributed by atoms with Crippen molar-refractivity contribution in [3.05, 3.63) is 58.0 Å². The van der Waals surface area contributed by atoms with E-state index in [-0.39, 0.29) is 5.91 Å². The van der Waals surface area contributed by atoms with Crippen LogP contribution in [0.25, 0.3) is 6.08 Å². The summed E-state index contributed by atoms with van der Waals surface area (Å²) in [6.45, 7) is 0. The van der Waals surface area contributed by atoms with Crippen molar-refractivity contribution in [1.29, 1.82) is 0 Å². The van der Waals surface area contributed by atoms with E-state index in [0.29, 0.717) is 32.3 Å². The number of nitrogens with zero attached hydrogens (tertiary/aromatic N) is 1. The summed E-state index contributed by atoms with van der Waals surface area (Å²) in [4.78, 5) is 17.1. The summed E-state index contributed by atoms with van der Waals surface area (Å²) in [6, 6.07) is 12.5. The second-order valence-electron chi connectivity index (χ2n) is 5.07. The second-order valence-corrected chi connectivity index (χ2v) is 6.54. The third-order valence-corrected chi connectivity index (χ3v) is 4.56. The van der Waals surface area contributed by atoms with Gasteiger partial charge in [-0.15, -0.1) is 0 Å². The molecule has 128 valence electrons. The van der Waals surface area contributed by atoms with E-state index in [1.807, 2.05) is 12.1 Å². The number of halogens is 1. The maximum atomic E-state index is 12.2. The van der Waals surface area contributed by atoms with E-state index < -0.39 is 0 Å². The lowest BCUT2D eigenvalue weighted by molar-refractivity contribution is -0.115. The zero-order chi connectivity index (χ0) is 17.8. The van der Waals surface area contributed by atoms with E-state index in [1.165, 1.54) is 11.8 Å². The Kier molecular flexibility index (Phi) is 5.31. The number of benzene rings is 2. The highest BCUT2D eigenvalue weighted by atomic mass is 35.5. The number of hydrogen-bond acceptors (Lipinski definition) is 5. The first-order chi connectivity index (χ1) is 12.1. The number of thioether (sulfide) groups is 1. The van der Waals surface area contributed by atoms with Crippen molar-refractivity contribution in [3.63, 3.8) is 0 Å². The zero-order valence-electron chi connectivity index (χ0n) is 13.6. The maximum Gasteiger partial charge on any atom is 0.264 e. The first-order valence-corrected chi connectivity index (χ1v) is 8.55. The Balaban J connectivity index is 1.89. The minimum absolute atomic E-state index is 0.212. The molecule has 1 amide bonds. The van der Waals surface area contributed by atoms with Gasteiger partial charge in [-0.2, -0.15) is 0 Å². The molecular formula is C18H15ClN2O3S. The molecule has 5 nitrogen and oxygen atoms in total. The molecule has 1 aliphatic heterocycles. The molecule has 0 saturated carbocycles. The van der Waals surface area contributed by atoms with E-state index in [4.69, 9.17) is 21.1 Å². The number of rotatable bonds is 4. The number of aliphatic imine (C=N–C) groups is 1. The van der Waals surface area contributed by atoms with Crippen molar-refractivity contribution in [2.45, 2.75) is 0 Å². The van der Waals surface area contributed by atoms with Crippen LogP contribution in [0.5, 0.6) is 11.5 Å². The predicted molar refractivity (Wildman–Crippen MR) is 102 cm³/mol. The van der Waals surface area contributed by atoms with E-state index >= 15 is 0 Å². The fraction of sp³-hybridized carbons (Fsp3) is 0.111. The first-order valence-electron chi connectivity index (χ1n) is 7.36. The largest absolute Gasteiger partial charge is 0.497 e. The van der Waals surface area contributed by atoms with Gasteiger partial charge >= 0.3 is 0 Å². The third kappa shape index (κ3) is 4.15. The standard InChI is InChI=1S/C18H15ClN2O3S/c1-23-14-6-7-15(24-2)11(8-14)9-16-17(22)21-18(25-16)20-13-5-3-4-12(19)10-13/h3-10H,1-2H3,(H,20,21,22)/b16-9+. The van der Waals surface area contributed by atoms with Crippen molar-refractivity contribution < 1.29 is 14.3 Å². The highest BCUT2D eigenvalue weighted by Gasteiger charge is 2.24. The maximum absolute atomic E-state index is 12.2. The lowest BCUT2D eigenvalue weighted by Crippen LogP contribution is -2.19. The highest BCUT2D eigenvalue weighted by Crippen LogP contribution is 2.32. The average molecular weight is 375 g/mol. The van der Waals surface area contributed by atoms with Gasteiger partial charge in [-0.05, 0) is 54.2 Å². The number of amides is 1. The fourth-order valence-corrected chi connectivity index (χ4v) is 3.25. The molecule has 0 radical (unpaired) electrons. The fourth-order valence-electron chi connectivity index (χ4n) is 2.24.